The van der Waals surface area contributed by atoms with E-state index in [1.54, 1.807) is 0 Å². The van der Waals surface area contributed by atoms with Gasteiger partial charge in [-0.2, -0.15) is 0 Å². The molecule has 0 unspecified atom stereocenters. The van der Waals surface area contributed by atoms with E-state index in [9.17, 15) is 4.79 Å². The number of aryl methyl sites for hydroxylation is 1. The van der Waals surface area contributed by atoms with E-state index in [0.29, 0.717) is 11.0 Å². The summed E-state index contributed by atoms with van der Waals surface area (Å²) in [5.41, 5.74) is 10.0. The lowest BCUT2D eigenvalue weighted by Gasteiger charge is -2.13. The van der Waals surface area contributed by atoms with E-state index >= 15 is 0 Å². The zero-order valence-corrected chi connectivity index (χ0v) is 21.9. The molecule has 0 saturated carbocycles. The summed E-state index contributed by atoms with van der Waals surface area (Å²) in [7, 11) is 0. The van der Waals surface area contributed by atoms with E-state index in [1.165, 1.54) is 5.56 Å². The molecule has 188 valence electrons. The number of hydrogen-bond acceptors (Lipinski definition) is 2. The molecule has 2 heterocycles. The Labute approximate surface area is 231 Å². The van der Waals surface area contributed by atoms with E-state index in [-0.39, 0.29) is 5.56 Å². The quantitative estimate of drug-likeness (QED) is 0.237. The van der Waals surface area contributed by atoms with Crippen LogP contribution in [0.5, 0.6) is 0 Å². The van der Waals surface area contributed by atoms with Gasteiger partial charge in [0.05, 0.1) is 11.0 Å². The number of imidazole rings is 1. The third-order valence-electron chi connectivity index (χ3n) is 8.02. The van der Waals surface area contributed by atoms with Gasteiger partial charge < -0.3 is 0 Å². The molecular weight excluding hydrogens is 488 g/mol. The van der Waals surface area contributed by atoms with Crippen molar-refractivity contribution in [1.82, 2.24) is 9.38 Å². The Balaban J connectivity index is 1.52. The highest BCUT2D eigenvalue weighted by molar-refractivity contribution is 6.19. The minimum absolute atomic E-state index is 0.0405. The largest absolute Gasteiger partial charge is 0.268 e. The molecule has 8 rings (SSSR count). The van der Waals surface area contributed by atoms with Gasteiger partial charge in [0.25, 0.3) is 5.56 Å². The molecule has 3 heteroatoms. The maximum Gasteiger partial charge on any atom is 0.264 e. The van der Waals surface area contributed by atoms with Gasteiger partial charge in [-0.25, -0.2) is 4.98 Å². The van der Waals surface area contributed by atoms with Crippen molar-refractivity contribution in [1.29, 1.82) is 0 Å². The summed E-state index contributed by atoms with van der Waals surface area (Å²) in [4.78, 5) is 19.5. The molecule has 0 aliphatic carbocycles. The fourth-order valence-corrected chi connectivity index (χ4v) is 6.10. The number of aromatic nitrogens is 2. The van der Waals surface area contributed by atoms with Crippen LogP contribution in [0.15, 0.2) is 132 Å². The van der Waals surface area contributed by atoms with Crippen LogP contribution >= 0.6 is 0 Å². The van der Waals surface area contributed by atoms with Crippen LogP contribution in [0.2, 0.25) is 0 Å². The van der Waals surface area contributed by atoms with Gasteiger partial charge in [0.15, 0.2) is 0 Å². The number of nitrogens with zero attached hydrogens (tertiary/aromatic N) is 2. The molecular formula is C37H24N2O. The van der Waals surface area contributed by atoms with E-state index in [1.807, 2.05) is 52.9 Å². The molecule has 2 aromatic heterocycles. The number of rotatable bonds is 3. The second kappa shape index (κ2) is 8.62. The Morgan fingerprint density at radius 3 is 1.98 bits per heavy atom. The topological polar surface area (TPSA) is 34.4 Å². The second-order valence-electron chi connectivity index (χ2n) is 10.5. The van der Waals surface area contributed by atoms with Gasteiger partial charge in [-0.3, -0.25) is 9.20 Å². The molecule has 0 saturated heterocycles. The first-order valence-electron chi connectivity index (χ1n) is 13.5. The number of pyridine rings is 1. The number of fused-ring (bicyclic) bond motifs is 4. The monoisotopic (exact) mass is 512 g/mol. The Morgan fingerprint density at radius 2 is 1.23 bits per heavy atom. The van der Waals surface area contributed by atoms with Crippen molar-refractivity contribution >= 4 is 38.2 Å². The fourth-order valence-electron chi connectivity index (χ4n) is 6.10. The summed E-state index contributed by atoms with van der Waals surface area (Å²) in [5.74, 6) is 0. The fraction of sp³-hybridized carbons (Fsp3) is 0.0270. The van der Waals surface area contributed by atoms with Crippen molar-refractivity contribution in [2.45, 2.75) is 6.92 Å². The van der Waals surface area contributed by atoms with Gasteiger partial charge in [0, 0.05) is 21.7 Å². The third kappa shape index (κ3) is 3.31. The predicted molar refractivity (Wildman–Crippen MR) is 166 cm³/mol. The standard InChI is InChI=1S/C37H24N2O/c1-23-15-17-26(18-16-23)28-19-20-30-34-29(28)13-8-14-31(34)37(40)39-35-32(25-11-6-3-7-12-25)21-27(22-33(35)38-36(30)39)24-9-4-2-5-10-24/h2-22H,1H3. The molecule has 40 heavy (non-hydrogen) atoms. The summed E-state index contributed by atoms with van der Waals surface area (Å²) in [5, 5.41) is 3.73. The van der Waals surface area contributed by atoms with Crippen LogP contribution < -0.4 is 5.56 Å². The van der Waals surface area contributed by atoms with Crippen LogP contribution in [-0.2, 0) is 0 Å². The third-order valence-corrected chi connectivity index (χ3v) is 8.02. The minimum Gasteiger partial charge on any atom is -0.268 e. The molecule has 6 aromatic carbocycles. The smallest absolute Gasteiger partial charge is 0.264 e. The molecule has 8 aromatic rings. The number of hydrogen-bond donors (Lipinski definition) is 0. The van der Waals surface area contributed by atoms with Crippen LogP contribution in [0.1, 0.15) is 5.56 Å². The summed E-state index contributed by atoms with van der Waals surface area (Å²) in [6, 6.07) is 43.8. The maximum atomic E-state index is 14.3. The van der Waals surface area contributed by atoms with Crippen LogP contribution in [0.3, 0.4) is 0 Å². The van der Waals surface area contributed by atoms with Crippen molar-refractivity contribution in [2.24, 2.45) is 0 Å². The predicted octanol–water partition coefficient (Wildman–Crippen LogP) is 8.90. The van der Waals surface area contributed by atoms with Crippen molar-refractivity contribution < 1.29 is 0 Å². The normalized spacial score (nSPS) is 11.7. The lowest BCUT2D eigenvalue weighted by molar-refractivity contribution is 1.19. The molecule has 0 aliphatic heterocycles. The first-order valence-corrected chi connectivity index (χ1v) is 13.5. The molecule has 0 N–H and O–H groups in total. The Morgan fingerprint density at radius 1 is 0.550 bits per heavy atom. The van der Waals surface area contributed by atoms with Crippen molar-refractivity contribution in [3.63, 3.8) is 0 Å². The average Bonchev–Trinajstić information content (AvgIpc) is 3.40. The molecule has 0 aliphatic rings. The summed E-state index contributed by atoms with van der Waals surface area (Å²) >= 11 is 0. The molecule has 0 atom stereocenters. The maximum absolute atomic E-state index is 14.3. The second-order valence-corrected chi connectivity index (χ2v) is 10.5. The summed E-state index contributed by atoms with van der Waals surface area (Å²) in [6.45, 7) is 2.09. The zero-order valence-electron chi connectivity index (χ0n) is 21.9. The highest BCUT2D eigenvalue weighted by Crippen LogP contribution is 2.39. The van der Waals surface area contributed by atoms with Crippen molar-refractivity contribution in [3.8, 4) is 33.4 Å². The van der Waals surface area contributed by atoms with Gasteiger partial charge in [0.2, 0.25) is 0 Å². The van der Waals surface area contributed by atoms with E-state index in [4.69, 9.17) is 4.98 Å². The van der Waals surface area contributed by atoms with Crippen LogP contribution in [0.25, 0.3) is 71.6 Å². The molecule has 0 spiro atoms. The average molecular weight is 513 g/mol. The molecule has 0 radical (unpaired) electrons. The zero-order chi connectivity index (χ0) is 26.8. The SMILES string of the molecule is Cc1ccc(-c2ccc3c4c2cccc4c(=O)n2c3nc3cc(-c4ccccc4)cc(-c4ccccc4)c32)cc1. The van der Waals surface area contributed by atoms with Crippen molar-refractivity contribution in [2.75, 3.05) is 0 Å². The van der Waals surface area contributed by atoms with Gasteiger partial charge in [-0.1, -0.05) is 109 Å². The van der Waals surface area contributed by atoms with Crippen LogP contribution in [0, 0.1) is 6.92 Å². The lowest BCUT2D eigenvalue weighted by Crippen LogP contribution is -2.13. The Bertz CT molecular complexity index is 2270. The molecule has 0 fully saturated rings. The highest BCUT2D eigenvalue weighted by atomic mass is 16.1. The van der Waals surface area contributed by atoms with Crippen LogP contribution in [-0.4, -0.2) is 9.38 Å². The molecule has 0 bridgehead atoms. The van der Waals surface area contributed by atoms with E-state index in [2.05, 4.69) is 85.8 Å². The van der Waals surface area contributed by atoms with Gasteiger partial charge in [-0.05, 0) is 64.4 Å². The lowest BCUT2D eigenvalue weighted by atomic mass is 9.94. The summed E-state index contributed by atoms with van der Waals surface area (Å²) in [6.07, 6.45) is 0. The van der Waals surface area contributed by atoms with Gasteiger partial charge >= 0.3 is 0 Å². The first kappa shape index (κ1) is 22.7. The minimum atomic E-state index is -0.0405. The van der Waals surface area contributed by atoms with Crippen molar-refractivity contribution in [3.05, 3.63) is 143 Å². The van der Waals surface area contributed by atoms with Gasteiger partial charge in [-0.15, -0.1) is 0 Å². The Kier molecular flexibility index (Phi) is 4.89. The highest BCUT2D eigenvalue weighted by Gasteiger charge is 2.21. The number of benzene rings is 6. The molecule has 0 amide bonds. The van der Waals surface area contributed by atoms with E-state index in [0.717, 1.165) is 60.6 Å². The van der Waals surface area contributed by atoms with E-state index < -0.39 is 0 Å². The van der Waals surface area contributed by atoms with Gasteiger partial charge in [0.1, 0.15) is 5.65 Å². The Hall–Kier alpha value is -5.28. The molecule has 3 nitrogen and oxygen atoms in total. The first-order chi connectivity index (χ1) is 19.7. The summed E-state index contributed by atoms with van der Waals surface area (Å²) < 4.78 is 1.83. The van der Waals surface area contributed by atoms with Crippen LogP contribution in [0.4, 0.5) is 0 Å².